The minimum atomic E-state index is -0.260. The Labute approximate surface area is 163 Å². The Balaban J connectivity index is 1.31. The molecular weight excluding hydrogens is 354 g/mol. The predicted octanol–water partition coefficient (Wildman–Crippen LogP) is 1.52. The van der Waals surface area contributed by atoms with Gasteiger partial charge in [0.05, 0.1) is 12.2 Å². The predicted molar refractivity (Wildman–Crippen MR) is 106 cm³/mol. The SMILES string of the molecule is O=C(NCc1ccccn1)c1ccc(N2CCN(c3ccccn3)CC2)nn1. The highest BCUT2D eigenvalue weighted by Crippen LogP contribution is 2.16. The summed E-state index contributed by atoms with van der Waals surface area (Å²) in [6, 6.07) is 15.1. The van der Waals surface area contributed by atoms with Crippen LogP contribution in [0.2, 0.25) is 0 Å². The van der Waals surface area contributed by atoms with Crippen LogP contribution in [0.3, 0.4) is 0 Å². The molecule has 3 aromatic heterocycles. The highest BCUT2D eigenvalue weighted by atomic mass is 16.1. The molecule has 0 bridgehead atoms. The van der Waals surface area contributed by atoms with Gasteiger partial charge in [0.1, 0.15) is 5.82 Å². The Morgan fingerprint density at radius 1 is 0.821 bits per heavy atom. The molecule has 0 radical (unpaired) electrons. The van der Waals surface area contributed by atoms with Crippen LogP contribution in [0.5, 0.6) is 0 Å². The normalized spacial score (nSPS) is 14.0. The maximum Gasteiger partial charge on any atom is 0.272 e. The van der Waals surface area contributed by atoms with Crippen molar-refractivity contribution in [2.45, 2.75) is 6.54 Å². The minimum Gasteiger partial charge on any atom is -0.353 e. The number of piperazine rings is 1. The molecule has 1 fully saturated rings. The second-order valence-corrected chi connectivity index (χ2v) is 6.44. The van der Waals surface area contributed by atoms with Gasteiger partial charge in [-0.15, -0.1) is 10.2 Å². The zero-order valence-electron chi connectivity index (χ0n) is 15.4. The van der Waals surface area contributed by atoms with E-state index in [2.05, 4.69) is 35.3 Å². The number of nitrogens with one attached hydrogen (secondary N) is 1. The molecule has 28 heavy (non-hydrogen) atoms. The van der Waals surface area contributed by atoms with E-state index in [-0.39, 0.29) is 5.91 Å². The van der Waals surface area contributed by atoms with Crippen LogP contribution < -0.4 is 15.1 Å². The molecule has 0 aromatic carbocycles. The summed E-state index contributed by atoms with van der Waals surface area (Å²) < 4.78 is 0. The monoisotopic (exact) mass is 375 g/mol. The van der Waals surface area contributed by atoms with Crippen LogP contribution in [0.25, 0.3) is 0 Å². The lowest BCUT2D eigenvalue weighted by Crippen LogP contribution is -2.47. The summed E-state index contributed by atoms with van der Waals surface area (Å²) in [4.78, 5) is 25.2. The second kappa shape index (κ2) is 8.43. The lowest BCUT2D eigenvalue weighted by Gasteiger charge is -2.35. The van der Waals surface area contributed by atoms with E-state index in [0.29, 0.717) is 12.2 Å². The summed E-state index contributed by atoms with van der Waals surface area (Å²) in [5, 5.41) is 11.1. The highest BCUT2D eigenvalue weighted by Gasteiger charge is 2.19. The van der Waals surface area contributed by atoms with E-state index in [1.807, 2.05) is 48.7 Å². The molecule has 0 aliphatic carbocycles. The van der Waals surface area contributed by atoms with Crippen LogP contribution in [0.4, 0.5) is 11.6 Å². The van der Waals surface area contributed by atoms with E-state index in [1.165, 1.54) is 0 Å². The van der Waals surface area contributed by atoms with Gasteiger partial charge in [0.25, 0.3) is 5.91 Å². The Bertz CT molecular complexity index is 895. The number of pyridine rings is 2. The zero-order valence-corrected chi connectivity index (χ0v) is 15.4. The molecule has 3 aromatic rings. The topological polar surface area (TPSA) is 87.1 Å². The number of carbonyl (C=O) groups is 1. The first-order valence-electron chi connectivity index (χ1n) is 9.22. The van der Waals surface area contributed by atoms with Crippen LogP contribution in [0, 0.1) is 0 Å². The summed E-state index contributed by atoms with van der Waals surface area (Å²) in [6.45, 7) is 3.75. The van der Waals surface area contributed by atoms with Gasteiger partial charge in [0.15, 0.2) is 11.5 Å². The van der Waals surface area contributed by atoms with Crippen molar-refractivity contribution < 1.29 is 4.79 Å². The third-order valence-electron chi connectivity index (χ3n) is 4.62. The summed E-state index contributed by atoms with van der Waals surface area (Å²) in [7, 11) is 0. The quantitative estimate of drug-likeness (QED) is 0.723. The molecule has 8 nitrogen and oxygen atoms in total. The van der Waals surface area contributed by atoms with Crippen molar-refractivity contribution in [1.29, 1.82) is 0 Å². The lowest BCUT2D eigenvalue weighted by molar-refractivity contribution is 0.0944. The van der Waals surface area contributed by atoms with E-state index in [0.717, 1.165) is 43.5 Å². The van der Waals surface area contributed by atoms with Crippen molar-refractivity contribution >= 4 is 17.5 Å². The third-order valence-corrected chi connectivity index (χ3v) is 4.62. The Morgan fingerprint density at radius 3 is 2.14 bits per heavy atom. The summed E-state index contributed by atoms with van der Waals surface area (Å²) in [5.41, 5.74) is 1.10. The lowest BCUT2D eigenvalue weighted by atomic mass is 10.3. The van der Waals surface area contributed by atoms with Crippen LogP contribution in [0.15, 0.2) is 60.9 Å². The number of hydrogen-bond donors (Lipinski definition) is 1. The largest absolute Gasteiger partial charge is 0.353 e. The molecule has 0 unspecified atom stereocenters. The van der Waals surface area contributed by atoms with Crippen LogP contribution >= 0.6 is 0 Å². The van der Waals surface area contributed by atoms with Gasteiger partial charge in [-0.3, -0.25) is 9.78 Å². The van der Waals surface area contributed by atoms with E-state index in [1.54, 1.807) is 12.3 Å². The molecule has 0 atom stereocenters. The number of rotatable bonds is 5. The molecule has 142 valence electrons. The number of anilines is 2. The first-order chi connectivity index (χ1) is 13.8. The number of aromatic nitrogens is 4. The maximum atomic E-state index is 12.2. The second-order valence-electron chi connectivity index (χ2n) is 6.44. The number of nitrogens with zero attached hydrogens (tertiary/aromatic N) is 6. The van der Waals surface area contributed by atoms with Crippen LogP contribution in [-0.2, 0) is 6.54 Å². The van der Waals surface area contributed by atoms with Gasteiger partial charge in [-0.1, -0.05) is 12.1 Å². The van der Waals surface area contributed by atoms with Crippen LogP contribution in [0.1, 0.15) is 16.2 Å². The van der Waals surface area contributed by atoms with Gasteiger partial charge >= 0.3 is 0 Å². The zero-order chi connectivity index (χ0) is 19.2. The van der Waals surface area contributed by atoms with Gasteiger partial charge < -0.3 is 15.1 Å². The van der Waals surface area contributed by atoms with Gasteiger partial charge in [-0.25, -0.2) is 4.98 Å². The Kier molecular flexibility index (Phi) is 5.37. The molecule has 1 N–H and O–H groups in total. The molecule has 4 rings (SSSR count). The number of hydrogen-bond acceptors (Lipinski definition) is 7. The Morgan fingerprint density at radius 2 is 1.54 bits per heavy atom. The average molecular weight is 375 g/mol. The maximum absolute atomic E-state index is 12.2. The third kappa shape index (κ3) is 4.22. The summed E-state index contributed by atoms with van der Waals surface area (Å²) >= 11 is 0. The molecule has 0 spiro atoms. The van der Waals surface area contributed by atoms with Gasteiger partial charge in [-0.05, 0) is 36.4 Å². The first kappa shape index (κ1) is 17.8. The van der Waals surface area contributed by atoms with E-state index in [9.17, 15) is 4.79 Å². The Hall–Kier alpha value is -3.55. The average Bonchev–Trinajstić information content (AvgIpc) is 2.79. The fraction of sp³-hybridized carbons (Fsp3) is 0.250. The fourth-order valence-corrected chi connectivity index (χ4v) is 3.08. The smallest absolute Gasteiger partial charge is 0.272 e. The highest BCUT2D eigenvalue weighted by molar-refractivity contribution is 5.92. The fourth-order valence-electron chi connectivity index (χ4n) is 3.08. The standard InChI is InChI=1S/C20H21N7O/c28-20(23-15-16-5-1-3-9-21-16)17-7-8-19(25-24-17)27-13-11-26(12-14-27)18-6-2-4-10-22-18/h1-10H,11-15H2,(H,23,28). The van der Waals surface area contributed by atoms with Gasteiger partial charge in [-0.2, -0.15) is 0 Å². The van der Waals surface area contributed by atoms with E-state index >= 15 is 0 Å². The molecular formula is C20H21N7O. The number of carbonyl (C=O) groups excluding carboxylic acids is 1. The van der Waals surface area contributed by atoms with E-state index < -0.39 is 0 Å². The first-order valence-corrected chi connectivity index (χ1v) is 9.22. The number of amides is 1. The van der Waals surface area contributed by atoms with Gasteiger partial charge in [0, 0.05) is 38.6 Å². The van der Waals surface area contributed by atoms with Crippen LogP contribution in [-0.4, -0.2) is 52.3 Å². The van der Waals surface area contributed by atoms with Crippen molar-refractivity contribution in [1.82, 2.24) is 25.5 Å². The molecule has 1 amide bonds. The van der Waals surface area contributed by atoms with Crippen molar-refractivity contribution in [3.63, 3.8) is 0 Å². The molecule has 1 aliphatic heterocycles. The van der Waals surface area contributed by atoms with E-state index in [4.69, 9.17) is 0 Å². The molecule has 1 saturated heterocycles. The van der Waals surface area contributed by atoms with Gasteiger partial charge in [0.2, 0.25) is 0 Å². The summed E-state index contributed by atoms with van der Waals surface area (Å²) in [6.07, 6.45) is 3.51. The summed E-state index contributed by atoms with van der Waals surface area (Å²) in [5.74, 6) is 1.51. The molecule has 8 heteroatoms. The molecule has 0 saturated carbocycles. The molecule has 4 heterocycles. The minimum absolute atomic E-state index is 0.260. The van der Waals surface area contributed by atoms with Crippen molar-refractivity contribution in [2.24, 2.45) is 0 Å². The molecule has 1 aliphatic rings. The van der Waals surface area contributed by atoms with Crippen molar-refractivity contribution in [3.05, 3.63) is 72.3 Å². The van der Waals surface area contributed by atoms with Crippen molar-refractivity contribution in [3.8, 4) is 0 Å². The van der Waals surface area contributed by atoms with Crippen molar-refractivity contribution in [2.75, 3.05) is 36.0 Å².